The van der Waals surface area contributed by atoms with Crippen molar-refractivity contribution in [2.45, 2.75) is 0 Å². The Balaban J connectivity index is 2.37. The Labute approximate surface area is 139 Å². The minimum Gasteiger partial charge on any atom is -0.491 e. The van der Waals surface area contributed by atoms with Crippen molar-refractivity contribution < 1.29 is 19.4 Å². The third-order valence-corrected chi connectivity index (χ3v) is 3.39. The number of amides is 2. The van der Waals surface area contributed by atoms with Crippen LogP contribution in [0.25, 0.3) is 6.08 Å². The van der Waals surface area contributed by atoms with Gasteiger partial charge in [0.05, 0.1) is 6.61 Å². The van der Waals surface area contributed by atoms with E-state index < -0.39 is 11.8 Å². The first kappa shape index (κ1) is 16.9. The number of nitrogens with zero attached hydrogens (tertiary/aromatic N) is 1. The summed E-state index contributed by atoms with van der Waals surface area (Å²) in [6, 6.07) is 6.93. The summed E-state index contributed by atoms with van der Waals surface area (Å²) in [6.45, 7) is 3.76. The molecular formula is C16H16N2O4S. The summed E-state index contributed by atoms with van der Waals surface area (Å²) in [5.74, 6) is -0.578. The number of nitrogens with one attached hydrogen (secondary N) is 1. The number of aliphatic hydroxyl groups is 1. The van der Waals surface area contributed by atoms with E-state index >= 15 is 0 Å². The van der Waals surface area contributed by atoms with Gasteiger partial charge in [-0.05, 0) is 24.4 Å². The van der Waals surface area contributed by atoms with Crippen LogP contribution in [0, 0.1) is 0 Å². The highest BCUT2D eigenvalue weighted by atomic mass is 32.1. The van der Waals surface area contributed by atoms with E-state index in [1.165, 1.54) is 17.1 Å². The molecule has 0 aliphatic carbocycles. The molecule has 23 heavy (non-hydrogen) atoms. The van der Waals surface area contributed by atoms with Gasteiger partial charge < -0.3 is 9.84 Å². The van der Waals surface area contributed by atoms with E-state index in [1.807, 2.05) is 0 Å². The van der Waals surface area contributed by atoms with Gasteiger partial charge in [-0.3, -0.25) is 19.8 Å². The summed E-state index contributed by atoms with van der Waals surface area (Å²) in [4.78, 5) is 25.8. The fourth-order valence-electron chi connectivity index (χ4n) is 2.03. The quantitative estimate of drug-likeness (QED) is 0.350. The average Bonchev–Trinajstić information content (AvgIpc) is 2.54. The first-order valence-corrected chi connectivity index (χ1v) is 7.31. The fourth-order valence-corrected chi connectivity index (χ4v) is 2.28. The van der Waals surface area contributed by atoms with Crippen molar-refractivity contribution in [1.29, 1.82) is 0 Å². The second-order valence-corrected chi connectivity index (χ2v) is 5.02. The smallest absolute Gasteiger partial charge is 0.265 e. The van der Waals surface area contributed by atoms with Gasteiger partial charge in [0.25, 0.3) is 11.8 Å². The number of carbonyl (C=O) groups excluding carboxylic acids is 2. The molecule has 0 saturated carbocycles. The SMILES string of the molecule is C=CCN1C(=O)C(=Cc2ccccc2OCCO)C(=O)NC1=S. The number of aliphatic hydroxyl groups excluding tert-OH is 1. The zero-order valence-corrected chi connectivity index (χ0v) is 13.1. The van der Waals surface area contributed by atoms with Crippen LogP contribution in [0.4, 0.5) is 0 Å². The highest BCUT2D eigenvalue weighted by Gasteiger charge is 2.32. The highest BCUT2D eigenvalue weighted by molar-refractivity contribution is 7.80. The number of hydrogen-bond acceptors (Lipinski definition) is 5. The monoisotopic (exact) mass is 332 g/mol. The van der Waals surface area contributed by atoms with Crippen molar-refractivity contribution in [3.8, 4) is 5.75 Å². The van der Waals surface area contributed by atoms with Gasteiger partial charge in [0.1, 0.15) is 17.9 Å². The van der Waals surface area contributed by atoms with Crippen LogP contribution in [0.1, 0.15) is 5.56 Å². The molecule has 0 spiro atoms. The molecule has 2 rings (SSSR count). The number of carbonyl (C=O) groups is 2. The third kappa shape index (κ3) is 3.82. The van der Waals surface area contributed by atoms with E-state index in [1.54, 1.807) is 24.3 Å². The molecule has 0 atom stereocenters. The largest absolute Gasteiger partial charge is 0.491 e. The molecule has 7 heteroatoms. The maximum absolute atomic E-state index is 12.4. The molecule has 6 nitrogen and oxygen atoms in total. The Kier molecular flexibility index (Phi) is 5.61. The van der Waals surface area contributed by atoms with Gasteiger partial charge >= 0.3 is 0 Å². The number of hydrogen-bond donors (Lipinski definition) is 2. The average molecular weight is 332 g/mol. The van der Waals surface area contributed by atoms with Crippen molar-refractivity contribution in [3.05, 3.63) is 48.1 Å². The van der Waals surface area contributed by atoms with Crippen LogP contribution < -0.4 is 10.1 Å². The second-order valence-electron chi connectivity index (χ2n) is 4.63. The van der Waals surface area contributed by atoms with E-state index in [4.69, 9.17) is 22.1 Å². The fraction of sp³-hybridized carbons (Fsp3) is 0.188. The van der Waals surface area contributed by atoms with Gasteiger partial charge in [0, 0.05) is 12.1 Å². The predicted octanol–water partition coefficient (Wildman–Crippen LogP) is 0.870. The molecule has 120 valence electrons. The number of para-hydroxylation sites is 1. The molecule has 1 fully saturated rings. The normalized spacial score (nSPS) is 16.5. The standard InChI is InChI=1S/C16H16N2O4S/c1-2-7-18-15(21)12(14(20)17-16(18)23)10-11-5-3-4-6-13(11)22-9-8-19/h2-6,10,19H,1,7-9H2,(H,17,20,23). The van der Waals surface area contributed by atoms with E-state index in [-0.39, 0.29) is 30.4 Å². The molecular weight excluding hydrogens is 316 g/mol. The van der Waals surface area contributed by atoms with Crippen LogP contribution in [0.2, 0.25) is 0 Å². The first-order valence-electron chi connectivity index (χ1n) is 6.91. The predicted molar refractivity (Wildman–Crippen MR) is 89.7 cm³/mol. The lowest BCUT2D eigenvalue weighted by Crippen LogP contribution is -2.53. The van der Waals surface area contributed by atoms with Gasteiger partial charge in [0.2, 0.25) is 0 Å². The summed E-state index contributed by atoms with van der Waals surface area (Å²) < 4.78 is 5.40. The number of thiocarbonyl (C=S) groups is 1. The van der Waals surface area contributed by atoms with E-state index in [9.17, 15) is 9.59 Å². The minimum absolute atomic E-state index is 0.0412. The third-order valence-electron chi connectivity index (χ3n) is 3.07. The zero-order valence-electron chi connectivity index (χ0n) is 12.3. The van der Waals surface area contributed by atoms with Gasteiger partial charge in [-0.25, -0.2) is 0 Å². The molecule has 1 aliphatic heterocycles. The Morgan fingerprint density at radius 3 is 2.78 bits per heavy atom. The van der Waals surface area contributed by atoms with Crippen LogP contribution in [-0.2, 0) is 9.59 Å². The van der Waals surface area contributed by atoms with Gasteiger partial charge in [-0.2, -0.15) is 0 Å². The van der Waals surface area contributed by atoms with Crippen molar-refractivity contribution in [2.24, 2.45) is 0 Å². The molecule has 0 bridgehead atoms. The molecule has 1 heterocycles. The lowest BCUT2D eigenvalue weighted by Gasteiger charge is -2.27. The zero-order chi connectivity index (χ0) is 16.8. The Hall–Kier alpha value is -2.51. The minimum atomic E-state index is -0.558. The summed E-state index contributed by atoms with van der Waals surface area (Å²) in [7, 11) is 0. The molecule has 0 unspecified atom stereocenters. The van der Waals surface area contributed by atoms with Gasteiger partial charge in [-0.1, -0.05) is 24.3 Å². The molecule has 2 amide bonds. The number of ether oxygens (including phenoxy) is 1. The van der Waals surface area contributed by atoms with Crippen LogP contribution in [0.15, 0.2) is 42.5 Å². The van der Waals surface area contributed by atoms with Crippen molar-refractivity contribution >= 4 is 35.2 Å². The molecule has 0 radical (unpaired) electrons. The van der Waals surface area contributed by atoms with E-state index in [0.29, 0.717) is 11.3 Å². The molecule has 1 saturated heterocycles. The number of rotatable bonds is 6. The van der Waals surface area contributed by atoms with E-state index in [0.717, 1.165) is 0 Å². The van der Waals surface area contributed by atoms with Crippen molar-refractivity contribution in [1.82, 2.24) is 10.2 Å². The first-order chi connectivity index (χ1) is 11.1. The molecule has 1 aliphatic rings. The lowest BCUT2D eigenvalue weighted by atomic mass is 10.1. The lowest BCUT2D eigenvalue weighted by molar-refractivity contribution is -0.128. The summed E-state index contributed by atoms with van der Waals surface area (Å²) in [5.41, 5.74) is 0.520. The number of benzene rings is 1. The Morgan fingerprint density at radius 2 is 2.09 bits per heavy atom. The Morgan fingerprint density at radius 1 is 1.35 bits per heavy atom. The maximum atomic E-state index is 12.4. The summed E-state index contributed by atoms with van der Waals surface area (Å²) in [6.07, 6.45) is 2.97. The van der Waals surface area contributed by atoms with Crippen molar-refractivity contribution in [3.63, 3.8) is 0 Å². The second kappa shape index (κ2) is 7.66. The molecule has 1 aromatic carbocycles. The van der Waals surface area contributed by atoms with Gasteiger partial charge in [-0.15, -0.1) is 6.58 Å². The van der Waals surface area contributed by atoms with Crippen LogP contribution in [0.3, 0.4) is 0 Å². The summed E-state index contributed by atoms with van der Waals surface area (Å²) in [5, 5.41) is 11.4. The highest BCUT2D eigenvalue weighted by Crippen LogP contribution is 2.23. The van der Waals surface area contributed by atoms with Crippen LogP contribution in [-0.4, -0.2) is 46.7 Å². The molecule has 2 N–H and O–H groups in total. The Bertz CT molecular complexity index is 684. The summed E-state index contributed by atoms with van der Waals surface area (Å²) >= 11 is 4.99. The molecule has 0 aromatic heterocycles. The van der Waals surface area contributed by atoms with Crippen LogP contribution >= 0.6 is 12.2 Å². The topological polar surface area (TPSA) is 78.9 Å². The molecule has 1 aromatic rings. The van der Waals surface area contributed by atoms with E-state index in [2.05, 4.69) is 11.9 Å². The van der Waals surface area contributed by atoms with Crippen LogP contribution in [0.5, 0.6) is 5.75 Å². The van der Waals surface area contributed by atoms with Crippen molar-refractivity contribution in [2.75, 3.05) is 19.8 Å². The van der Waals surface area contributed by atoms with Gasteiger partial charge in [0.15, 0.2) is 5.11 Å². The maximum Gasteiger partial charge on any atom is 0.265 e.